The lowest BCUT2D eigenvalue weighted by molar-refractivity contribution is -0.274. The molecule has 1 aliphatic heterocycles. The molecule has 1 aliphatic rings. The molecule has 2 heterocycles. The van der Waals surface area contributed by atoms with Crippen LogP contribution in [0.25, 0.3) is 5.69 Å². The molecule has 0 fully saturated rings. The van der Waals surface area contributed by atoms with Gasteiger partial charge < -0.3 is 15.6 Å². The van der Waals surface area contributed by atoms with Gasteiger partial charge in [0, 0.05) is 12.1 Å². The first-order valence-electron chi connectivity index (χ1n) is 6.59. The number of ether oxygens (including phenoxy) is 1. The predicted molar refractivity (Wildman–Crippen MR) is 76.6 cm³/mol. The Bertz CT molecular complexity index is 981. The second-order valence-corrected chi connectivity index (χ2v) is 4.97. The molecule has 11 heteroatoms. The van der Waals surface area contributed by atoms with Crippen molar-refractivity contribution in [3.05, 3.63) is 45.7 Å². The van der Waals surface area contributed by atoms with Crippen LogP contribution in [-0.4, -0.2) is 27.9 Å². The summed E-state index contributed by atoms with van der Waals surface area (Å²) in [6, 6.07) is 3.21. The lowest BCUT2D eigenvalue weighted by Gasteiger charge is -2.15. The Morgan fingerprint density at radius 3 is 2.44 bits per heavy atom. The van der Waals surface area contributed by atoms with E-state index in [0.29, 0.717) is 4.57 Å². The summed E-state index contributed by atoms with van der Waals surface area (Å²) in [7, 11) is 0. The minimum atomic E-state index is -4.99. The zero-order valence-electron chi connectivity index (χ0n) is 12.0. The highest BCUT2D eigenvalue weighted by atomic mass is 19.4. The SMILES string of the molecule is Nc1c2c(cc(=O)n1-c1cc(OC(F)(F)F)ccc1O)C(=O)NC2=O. The van der Waals surface area contributed by atoms with Gasteiger partial charge in [-0.1, -0.05) is 0 Å². The third kappa shape index (κ3) is 2.75. The van der Waals surface area contributed by atoms with Crippen molar-refractivity contribution in [2.75, 3.05) is 5.73 Å². The summed E-state index contributed by atoms with van der Waals surface area (Å²) in [6.07, 6.45) is -4.99. The predicted octanol–water partition coefficient (Wildman–Crippen LogP) is 0.907. The highest BCUT2D eigenvalue weighted by Crippen LogP contribution is 2.32. The Labute approximate surface area is 136 Å². The highest BCUT2D eigenvalue weighted by molar-refractivity contribution is 6.23. The number of rotatable bonds is 2. The van der Waals surface area contributed by atoms with E-state index in [-0.39, 0.29) is 11.1 Å². The number of nitrogens with one attached hydrogen (secondary N) is 1. The summed E-state index contributed by atoms with van der Waals surface area (Å²) in [6.45, 7) is 0. The molecule has 0 aliphatic carbocycles. The molecule has 0 unspecified atom stereocenters. The number of amides is 2. The van der Waals surface area contributed by atoms with E-state index in [1.165, 1.54) is 0 Å². The number of hydrogen-bond donors (Lipinski definition) is 3. The van der Waals surface area contributed by atoms with E-state index in [2.05, 4.69) is 4.74 Å². The van der Waals surface area contributed by atoms with Crippen LogP contribution in [0.4, 0.5) is 19.0 Å². The van der Waals surface area contributed by atoms with Gasteiger partial charge in [-0.3, -0.25) is 24.3 Å². The van der Waals surface area contributed by atoms with E-state index in [1.54, 1.807) is 0 Å². The van der Waals surface area contributed by atoms with Crippen molar-refractivity contribution in [3.63, 3.8) is 0 Å². The van der Waals surface area contributed by atoms with Crippen LogP contribution in [0.5, 0.6) is 11.5 Å². The molecule has 0 saturated heterocycles. The first-order chi connectivity index (χ1) is 11.6. The van der Waals surface area contributed by atoms with Gasteiger partial charge in [0.1, 0.15) is 17.3 Å². The van der Waals surface area contributed by atoms with Gasteiger partial charge in [0.25, 0.3) is 17.4 Å². The Balaban J connectivity index is 2.23. The fraction of sp³-hybridized carbons (Fsp3) is 0.0714. The summed E-state index contributed by atoms with van der Waals surface area (Å²) in [5.74, 6) is -3.51. The van der Waals surface area contributed by atoms with Crippen molar-refractivity contribution in [1.29, 1.82) is 0 Å². The quantitative estimate of drug-likeness (QED) is 0.688. The van der Waals surface area contributed by atoms with Crippen LogP contribution in [0.1, 0.15) is 20.7 Å². The van der Waals surface area contributed by atoms with Crippen LogP contribution in [0.3, 0.4) is 0 Å². The number of aromatic hydroxyl groups is 1. The fourth-order valence-electron chi connectivity index (χ4n) is 2.41. The number of pyridine rings is 1. The first-order valence-corrected chi connectivity index (χ1v) is 6.59. The first kappa shape index (κ1) is 16.4. The molecule has 25 heavy (non-hydrogen) atoms. The summed E-state index contributed by atoms with van der Waals surface area (Å²) in [5, 5.41) is 11.8. The molecular formula is C14H8F3N3O5. The second kappa shape index (κ2) is 5.26. The van der Waals surface area contributed by atoms with Crippen molar-refractivity contribution in [2.24, 2.45) is 0 Å². The number of phenols is 1. The van der Waals surface area contributed by atoms with Gasteiger partial charge in [-0.05, 0) is 12.1 Å². The molecule has 130 valence electrons. The van der Waals surface area contributed by atoms with Gasteiger partial charge in [0.15, 0.2) is 0 Å². The smallest absolute Gasteiger partial charge is 0.506 e. The minimum absolute atomic E-state index is 0.258. The molecule has 4 N–H and O–H groups in total. The van der Waals surface area contributed by atoms with E-state index in [0.717, 1.165) is 24.3 Å². The molecule has 0 saturated carbocycles. The highest BCUT2D eigenvalue weighted by Gasteiger charge is 2.33. The van der Waals surface area contributed by atoms with Crippen LogP contribution < -0.4 is 21.3 Å². The Morgan fingerprint density at radius 2 is 1.80 bits per heavy atom. The maximum atomic E-state index is 12.3. The minimum Gasteiger partial charge on any atom is -0.506 e. The van der Waals surface area contributed by atoms with Gasteiger partial charge in [0.05, 0.1) is 16.8 Å². The van der Waals surface area contributed by atoms with E-state index >= 15 is 0 Å². The number of hydrogen-bond acceptors (Lipinski definition) is 6. The molecule has 1 aromatic carbocycles. The summed E-state index contributed by atoms with van der Waals surface area (Å²) < 4.78 is 41.4. The molecule has 2 amide bonds. The monoisotopic (exact) mass is 355 g/mol. The lowest BCUT2D eigenvalue weighted by atomic mass is 10.1. The zero-order chi connectivity index (χ0) is 18.5. The number of aromatic nitrogens is 1. The van der Waals surface area contributed by atoms with Crippen molar-refractivity contribution >= 4 is 17.6 Å². The third-order valence-corrected chi connectivity index (χ3v) is 3.37. The molecule has 0 bridgehead atoms. The van der Waals surface area contributed by atoms with Crippen molar-refractivity contribution in [2.45, 2.75) is 6.36 Å². The summed E-state index contributed by atoms with van der Waals surface area (Å²) in [5.41, 5.74) is 3.79. The number of imide groups is 1. The second-order valence-electron chi connectivity index (χ2n) is 4.97. The number of phenolic OH excluding ortho intramolecular Hbond substituents is 1. The fourth-order valence-corrected chi connectivity index (χ4v) is 2.41. The van der Waals surface area contributed by atoms with E-state index < -0.39 is 46.7 Å². The maximum Gasteiger partial charge on any atom is 0.573 e. The van der Waals surface area contributed by atoms with Crippen LogP contribution in [-0.2, 0) is 0 Å². The van der Waals surface area contributed by atoms with E-state index in [1.807, 2.05) is 5.32 Å². The molecule has 8 nitrogen and oxygen atoms in total. The number of nitrogens with two attached hydrogens (primary N) is 1. The van der Waals surface area contributed by atoms with Crippen LogP contribution in [0.2, 0.25) is 0 Å². The van der Waals surface area contributed by atoms with Crippen molar-refractivity contribution < 1.29 is 32.6 Å². The zero-order valence-corrected chi connectivity index (χ0v) is 12.0. The maximum absolute atomic E-state index is 12.3. The largest absolute Gasteiger partial charge is 0.573 e. The van der Waals surface area contributed by atoms with Crippen molar-refractivity contribution in [1.82, 2.24) is 9.88 Å². The standard InChI is InChI=1S/C14H8F3N3O5/c15-14(16,17)25-5-1-2-8(21)7(3-5)20-9(22)4-6-10(11(20)18)13(24)19-12(6)23/h1-4,21H,18H2,(H,19,23,24). The molecule has 2 aromatic rings. The third-order valence-electron chi connectivity index (χ3n) is 3.37. The normalized spacial score (nSPS) is 13.6. The average molecular weight is 355 g/mol. The molecule has 0 radical (unpaired) electrons. The van der Waals surface area contributed by atoms with Gasteiger partial charge in [-0.15, -0.1) is 13.2 Å². The number of anilines is 1. The van der Waals surface area contributed by atoms with E-state index in [9.17, 15) is 32.7 Å². The Kier molecular flexibility index (Phi) is 3.44. The van der Waals surface area contributed by atoms with Crippen LogP contribution in [0, 0.1) is 0 Å². The number of nitrogens with zero attached hydrogens (tertiary/aromatic N) is 1. The summed E-state index contributed by atoms with van der Waals surface area (Å²) >= 11 is 0. The van der Waals surface area contributed by atoms with Gasteiger partial charge in [-0.2, -0.15) is 0 Å². The molecule has 0 spiro atoms. The van der Waals surface area contributed by atoms with Crippen molar-refractivity contribution in [3.8, 4) is 17.2 Å². The average Bonchev–Trinajstić information content (AvgIpc) is 2.75. The lowest BCUT2D eigenvalue weighted by Crippen LogP contribution is -2.24. The number of fused-ring (bicyclic) bond motifs is 1. The number of alkyl halides is 3. The number of nitrogen functional groups attached to an aromatic ring is 1. The number of carbonyl (C=O) groups excluding carboxylic acids is 2. The molecular weight excluding hydrogens is 347 g/mol. The number of benzene rings is 1. The molecule has 0 atom stereocenters. The van der Waals surface area contributed by atoms with Gasteiger partial charge >= 0.3 is 6.36 Å². The van der Waals surface area contributed by atoms with Crippen LogP contribution in [0.15, 0.2) is 29.1 Å². The van der Waals surface area contributed by atoms with Crippen LogP contribution >= 0.6 is 0 Å². The Morgan fingerprint density at radius 1 is 1.12 bits per heavy atom. The van der Waals surface area contributed by atoms with Gasteiger partial charge in [0.2, 0.25) is 0 Å². The number of halogens is 3. The van der Waals surface area contributed by atoms with Gasteiger partial charge in [-0.25, -0.2) is 0 Å². The Hall–Kier alpha value is -3.50. The summed E-state index contributed by atoms with van der Waals surface area (Å²) in [4.78, 5) is 35.6. The molecule has 1 aromatic heterocycles. The van der Waals surface area contributed by atoms with E-state index in [4.69, 9.17) is 5.73 Å². The topological polar surface area (TPSA) is 124 Å². The number of carbonyl (C=O) groups is 2. The molecule has 3 rings (SSSR count).